The zero-order valence-electron chi connectivity index (χ0n) is 14.6. The second-order valence-corrected chi connectivity index (χ2v) is 6.01. The van der Waals surface area contributed by atoms with E-state index in [0.717, 1.165) is 0 Å². The Balaban J connectivity index is -0.000000165. The Bertz CT molecular complexity index is 114. The first-order valence-electron chi connectivity index (χ1n) is 7.32. The zero-order valence-corrected chi connectivity index (χ0v) is 17.2. The minimum atomic E-state index is 0. The molecule has 0 aliphatic rings. The third kappa shape index (κ3) is 36.0. The molecule has 18 heavy (non-hydrogen) atoms. The summed E-state index contributed by atoms with van der Waals surface area (Å²) in [6, 6.07) is 0. The molecule has 0 bridgehead atoms. The monoisotopic (exact) mass is 331 g/mol. The minimum absolute atomic E-state index is 0. The maximum absolute atomic E-state index is 3.46. The molecule has 0 rings (SSSR count). The first-order valence-corrected chi connectivity index (χ1v) is 8.44. The topological polar surface area (TPSA) is 3.24 Å². The Morgan fingerprint density at radius 3 is 1.28 bits per heavy atom. The van der Waals surface area contributed by atoms with Crippen molar-refractivity contribution in [3.8, 4) is 0 Å². The summed E-state index contributed by atoms with van der Waals surface area (Å²) in [5.74, 6) is 0. The van der Waals surface area contributed by atoms with Crippen LogP contribution in [0.1, 0.15) is 72.6 Å². The van der Waals surface area contributed by atoms with Gasteiger partial charge in [0.25, 0.3) is 0 Å². The van der Waals surface area contributed by atoms with Crippen molar-refractivity contribution < 1.29 is 31.0 Å². The van der Waals surface area contributed by atoms with Gasteiger partial charge in [-0.1, -0.05) is 80.6 Å². The summed E-state index contributed by atoms with van der Waals surface area (Å²) in [7, 11) is 6.00. The van der Waals surface area contributed by atoms with Crippen molar-refractivity contribution in [2.45, 2.75) is 71.1 Å². The molecule has 0 radical (unpaired) electrons. The van der Waals surface area contributed by atoms with E-state index in [1.807, 2.05) is 26.0 Å². The van der Waals surface area contributed by atoms with Gasteiger partial charge in [-0.3, -0.25) is 0 Å². The van der Waals surface area contributed by atoms with Crippen LogP contribution in [0.5, 0.6) is 0 Å². The van der Waals surface area contributed by atoms with Crippen LogP contribution in [0.25, 0.3) is 0 Å². The van der Waals surface area contributed by atoms with Crippen molar-refractivity contribution in [3.05, 3.63) is 0 Å². The number of hydrogen-bond acceptors (Lipinski definition) is 1. The summed E-state index contributed by atoms with van der Waals surface area (Å²) in [4.78, 5) is 2.00. The van der Waals surface area contributed by atoms with Crippen LogP contribution in [-0.2, 0) is 0 Å². The first kappa shape index (κ1) is 24.5. The smallest absolute Gasteiger partial charge is 1.00 e. The van der Waals surface area contributed by atoms with E-state index in [0.29, 0.717) is 0 Å². The van der Waals surface area contributed by atoms with E-state index >= 15 is 0 Å². The van der Waals surface area contributed by atoms with Crippen molar-refractivity contribution in [2.75, 3.05) is 26.5 Å². The molecule has 3 heteroatoms. The normalized spacial score (nSPS) is 9.67. The van der Waals surface area contributed by atoms with Gasteiger partial charge in [-0.25, -0.2) is 0 Å². The number of hydrogen-bond donors (Lipinski definition) is 0. The predicted octanol–water partition coefficient (Wildman–Crippen LogP) is 2.60. The summed E-state index contributed by atoms with van der Waals surface area (Å²) >= 11 is 3.46. The average molecular weight is 332 g/mol. The molecule has 1 nitrogen and oxygen atoms in total. The van der Waals surface area contributed by atoms with E-state index in [2.05, 4.69) is 22.9 Å². The fourth-order valence-corrected chi connectivity index (χ4v) is 1.98. The van der Waals surface area contributed by atoms with Crippen LogP contribution < -0.4 is 29.6 Å². The molecule has 0 N–H and O–H groups in total. The summed E-state index contributed by atoms with van der Waals surface area (Å²) in [6.45, 7) is 2.28. The maximum atomic E-state index is 3.46. The van der Waals surface area contributed by atoms with Gasteiger partial charge in [-0.2, -0.15) is 0 Å². The van der Waals surface area contributed by atoms with Crippen LogP contribution in [0.2, 0.25) is 0 Å². The van der Waals surface area contributed by atoms with Crippen LogP contribution >= 0.6 is 15.9 Å². The second-order valence-electron chi connectivity index (χ2n) is 5.21. The Hall–Kier alpha value is 1.44. The number of unbranched alkanes of at least 4 members (excludes halogenated alkanes) is 9. The van der Waals surface area contributed by atoms with Gasteiger partial charge >= 0.3 is 29.6 Å². The number of rotatable bonds is 10. The van der Waals surface area contributed by atoms with E-state index in [4.69, 9.17) is 0 Å². The predicted molar refractivity (Wildman–Crippen MR) is 86.4 cm³/mol. The molecule has 0 amide bonds. The largest absolute Gasteiger partial charge is 1.00 e. The van der Waals surface area contributed by atoms with E-state index < -0.39 is 0 Å². The maximum Gasteiger partial charge on any atom is 1.00 e. The number of halogens is 1. The third-order valence-corrected chi connectivity index (χ3v) is 3.05. The van der Waals surface area contributed by atoms with Gasteiger partial charge in [-0.15, -0.1) is 0 Å². The molecule has 0 saturated heterocycles. The van der Waals surface area contributed by atoms with Crippen molar-refractivity contribution in [2.24, 2.45) is 0 Å². The molecular formula is C15H35BrNNa. The van der Waals surface area contributed by atoms with Gasteiger partial charge in [-0.05, 0) is 27.6 Å². The molecule has 0 aliphatic carbocycles. The van der Waals surface area contributed by atoms with Crippen molar-refractivity contribution in [3.63, 3.8) is 0 Å². The molecule has 0 saturated carbocycles. The third-order valence-electron chi connectivity index (χ3n) is 2.49. The summed E-state index contributed by atoms with van der Waals surface area (Å²) < 4.78 is 0. The van der Waals surface area contributed by atoms with Crippen molar-refractivity contribution >= 4 is 15.9 Å². The number of alkyl halides is 1. The molecule has 0 atom stereocenters. The fourth-order valence-electron chi connectivity index (χ4n) is 1.58. The molecular weight excluding hydrogens is 297 g/mol. The van der Waals surface area contributed by atoms with Gasteiger partial charge < -0.3 is 6.33 Å². The zero-order chi connectivity index (χ0) is 13.4. The minimum Gasteiger partial charge on any atom is -1.00 e. The Morgan fingerprint density at radius 1 is 0.722 bits per heavy atom. The standard InChI is InChI=1S/C12H25Br.C3H9N.Na.H/c1-2-3-4-5-6-7-8-9-10-11-12-13;1-4(2)3;;/h2-12H2,1H3;1-3H3;;/q;;+1;-1. The molecule has 0 aromatic rings. The van der Waals surface area contributed by atoms with Gasteiger partial charge in [0.05, 0.1) is 0 Å². The van der Waals surface area contributed by atoms with Gasteiger partial charge in [0.1, 0.15) is 0 Å². The molecule has 0 aromatic heterocycles. The van der Waals surface area contributed by atoms with E-state index in [-0.39, 0.29) is 31.0 Å². The SMILES string of the molecule is CCCCCCCCCCCCBr.CN(C)C.[H-].[Na+]. The summed E-state index contributed by atoms with van der Waals surface area (Å²) in [5, 5.41) is 1.18. The molecule has 108 valence electrons. The van der Waals surface area contributed by atoms with Crippen LogP contribution in [0, 0.1) is 0 Å². The van der Waals surface area contributed by atoms with Gasteiger partial charge in [0, 0.05) is 5.33 Å². The van der Waals surface area contributed by atoms with Crippen molar-refractivity contribution in [1.29, 1.82) is 0 Å². The van der Waals surface area contributed by atoms with Crippen LogP contribution in [0.4, 0.5) is 0 Å². The van der Waals surface area contributed by atoms with E-state index in [1.165, 1.54) is 69.5 Å². The second kappa shape index (κ2) is 23.5. The number of nitrogens with zero attached hydrogens (tertiary/aromatic N) is 1. The van der Waals surface area contributed by atoms with Crippen molar-refractivity contribution in [1.82, 2.24) is 4.90 Å². The molecule has 0 aromatic carbocycles. The summed E-state index contributed by atoms with van der Waals surface area (Å²) in [5.41, 5.74) is 0. The van der Waals surface area contributed by atoms with E-state index in [1.54, 1.807) is 0 Å². The Labute approximate surface area is 148 Å². The van der Waals surface area contributed by atoms with Gasteiger partial charge in [0.2, 0.25) is 0 Å². The fraction of sp³-hybridized carbons (Fsp3) is 1.00. The molecule has 0 aliphatic heterocycles. The average Bonchev–Trinajstić information content (AvgIpc) is 2.26. The Morgan fingerprint density at radius 2 is 1.00 bits per heavy atom. The molecule has 0 fully saturated rings. The first-order chi connectivity index (χ1) is 8.15. The molecule has 0 unspecified atom stereocenters. The molecule has 0 heterocycles. The van der Waals surface area contributed by atoms with Crippen LogP contribution in [-0.4, -0.2) is 31.4 Å². The van der Waals surface area contributed by atoms with Crippen LogP contribution in [0.15, 0.2) is 0 Å². The summed E-state index contributed by atoms with van der Waals surface area (Å²) in [6.07, 6.45) is 14.3. The Kier molecular flexibility index (Phi) is 32.0. The van der Waals surface area contributed by atoms with E-state index in [9.17, 15) is 0 Å². The van der Waals surface area contributed by atoms with Crippen LogP contribution in [0.3, 0.4) is 0 Å². The quantitative estimate of drug-likeness (QED) is 0.338. The molecule has 0 spiro atoms. The van der Waals surface area contributed by atoms with Gasteiger partial charge in [0.15, 0.2) is 0 Å².